The summed E-state index contributed by atoms with van der Waals surface area (Å²) in [6, 6.07) is 0.554. The first-order valence-electron chi connectivity index (χ1n) is 7.07. The van der Waals surface area contributed by atoms with Crippen molar-refractivity contribution in [1.29, 1.82) is 0 Å². The molecule has 2 atom stereocenters. The number of nitrogens with zero attached hydrogens (tertiary/aromatic N) is 2. The molecule has 1 fully saturated rings. The highest BCUT2D eigenvalue weighted by Crippen LogP contribution is 2.20. The molecule has 1 heterocycles. The van der Waals surface area contributed by atoms with Gasteiger partial charge < -0.3 is 4.90 Å². The molecule has 0 spiro atoms. The number of piperidine rings is 1. The van der Waals surface area contributed by atoms with E-state index in [1.807, 2.05) is 11.8 Å². The standard InChI is InChI=1S/C13H28N2O2S2/c1-5-18-11-12(2)14(3)9-13-7-6-8-15(10-13)19(4,16)17/h12-13H,5-11H2,1-4H3. The summed E-state index contributed by atoms with van der Waals surface area (Å²) in [5, 5.41) is 0. The lowest BCUT2D eigenvalue weighted by molar-refractivity contribution is 0.179. The molecule has 0 saturated carbocycles. The van der Waals surface area contributed by atoms with Gasteiger partial charge in [-0.2, -0.15) is 11.8 Å². The van der Waals surface area contributed by atoms with E-state index in [4.69, 9.17) is 0 Å². The minimum Gasteiger partial charge on any atom is -0.303 e. The first kappa shape index (κ1) is 17.3. The summed E-state index contributed by atoms with van der Waals surface area (Å²) in [7, 11) is -0.865. The van der Waals surface area contributed by atoms with Crippen molar-refractivity contribution in [2.75, 3.05) is 44.4 Å². The number of hydrogen-bond acceptors (Lipinski definition) is 4. The van der Waals surface area contributed by atoms with Gasteiger partial charge in [0.25, 0.3) is 0 Å². The fraction of sp³-hybridized carbons (Fsp3) is 1.00. The second-order valence-electron chi connectivity index (χ2n) is 5.58. The van der Waals surface area contributed by atoms with Crippen LogP contribution in [0.15, 0.2) is 0 Å². The van der Waals surface area contributed by atoms with Gasteiger partial charge in [-0.3, -0.25) is 0 Å². The lowest BCUT2D eigenvalue weighted by Crippen LogP contribution is -2.44. The van der Waals surface area contributed by atoms with Gasteiger partial charge in [0, 0.05) is 31.4 Å². The summed E-state index contributed by atoms with van der Waals surface area (Å²) in [6.07, 6.45) is 3.45. The van der Waals surface area contributed by atoms with E-state index in [2.05, 4.69) is 25.8 Å². The van der Waals surface area contributed by atoms with Gasteiger partial charge in [0.2, 0.25) is 10.0 Å². The van der Waals surface area contributed by atoms with Crippen molar-refractivity contribution in [2.24, 2.45) is 5.92 Å². The van der Waals surface area contributed by atoms with E-state index in [0.29, 0.717) is 25.0 Å². The summed E-state index contributed by atoms with van der Waals surface area (Å²) >= 11 is 1.96. The van der Waals surface area contributed by atoms with E-state index in [1.54, 1.807) is 4.31 Å². The van der Waals surface area contributed by atoms with Gasteiger partial charge in [0.1, 0.15) is 0 Å². The Hall–Kier alpha value is 0.220. The van der Waals surface area contributed by atoms with Crippen molar-refractivity contribution in [1.82, 2.24) is 9.21 Å². The molecule has 0 amide bonds. The predicted molar refractivity (Wildman–Crippen MR) is 84.2 cm³/mol. The second-order valence-corrected chi connectivity index (χ2v) is 8.88. The maximum Gasteiger partial charge on any atom is 0.211 e. The van der Waals surface area contributed by atoms with Crippen molar-refractivity contribution >= 4 is 21.8 Å². The van der Waals surface area contributed by atoms with Gasteiger partial charge in [-0.15, -0.1) is 0 Å². The van der Waals surface area contributed by atoms with Gasteiger partial charge in [-0.25, -0.2) is 12.7 Å². The molecule has 1 rings (SSSR count). The topological polar surface area (TPSA) is 40.6 Å². The third kappa shape index (κ3) is 6.02. The Bertz CT molecular complexity index is 360. The Morgan fingerprint density at radius 1 is 1.47 bits per heavy atom. The van der Waals surface area contributed by atoms with Crippen LogP contribution in [-0.2, 0) is 10.0 Å². The minimum absolute atomic E-state index is 0.475. The molecule has 0 N–H and O–H groups in total. The van der Waals surface area contributed by atoms with Crippen LogP contribution < -0.4 is 0 Å². The molecular weight excluding hydrogens is 280 g/mol. The first-order chi connectivity index (χ1) is 8.84. The van der Waals surface area contributed by atoms with Crippen molar-refractivity contribution in [3.05, 3.63) is 0 Å². The first-order valence-corrected chi connectivity index (χ1v) is 10.1. The molecule has 0 aromatic carbocycles. The van der Waals surface area contributed by atoms with E-state index in [1.165, 1.54) is 6.26 Å². The van der Waals surface area contributed by atoms with Crippen molar-refractivity contribution < 1.29 is 8.42 Å². The Morgan fingerprint density at radius 2 is 2.16 bits per heavy atom. The molecule has 19 heavy (non-hydrogen) atoms. The van der Waals surface area contributed by atoms with Crippen molar-refractivity contribution in [3.8, 4) is 0 Å². The van der Waals surface area contributed by atoms with E-state index >= 15 is 0 Å². The lowest BCUT2D eigenvalue weighted by Gasteiger charge is -2.35. The number of sulfonamides is 1. The number of hydrogen-bond donors (Lipinski definition) is 0. The molecule has 0 aromatic rings. The monoisotopic (exact) mass is 308 g/mol. The summed E-state index contributed by atoms with van der Waals surface area (Å²) in [5.74, 6) is 2.78. The van der Waals surface area contributed by atoms with Gasteiger partial charge >= 0.3 is 0 Å². The van der Waals surface area contributed by atoms with Gasteiger partial charge in [0.05, 0.1) is 6.26 Å². The van der Waals surface area contributed by atoms with Crippen molar-refractivity contribution in [3.63, 3.8) is 0 Å². The molecule has 1 aliphatic rings. The zero-order valence-electron chi connectivity index (χ0n) is 12.6. The molecule has 1 aliphatic heterocycles. The highest BCUT2D eigenvalue weighted by molar-refractivity contribution is 7.99. The van der Waals surface area contributed by atoms with E-state index in [-0.39, 0.29) is 0 Å². The normalized spacial score (nSPS) is 23.7. The van der Waals surface area contributed by atoms with Gasteiger partial charge in [0.15, 0.2) is 0 Å². The van der Waals surface area contributed by atoms with E-state index in [0.717, 1.165) is 30.9 Å². The van der Waals surface area contributed by atoms with E-state index in [9.17, 15) is 8.42 Å². The lowest BCUT2D eigenvalue weighted by atomic mass is 9.99. The molecule has 0 aliphatic carbocycles. The minimum atomic E-state index is -3.02. The summed E-state index contributed by atoms with van der Waals surface area (Å²) in [5.41, 5.74) is 0. The summed E-state index contributed by atoms with van der Waals surface area (Å²) in [6.45, 7) is 6.82. The van der Waals surface area contributed by atoms with Crippen LogP contribution >= 0.6 is 11.8 Å². The van der Waals surface area contributed by atoms with Crippen LogP contribution in [0.1, 0.15) is 26.7 Å². The molecule has 4 nitrogen and oxygen atoms in total. The summed E-state index contributed by atoms with van der Waals surface area (Å²) < 4.78 is 24.8. The van der Waals surface area contributed by atoms with Crippen molar-refractivity contribution in [2.45, 2.75) is 32.7 Å². The van der Waals surface area contributed by atoms with Crippen LogP contribution in [0.5, 0.6) is 0 Å². The van der Waals surface area contributed by atoms with Crippen LogP contribution in [0.4, 0.5) is 0 Å². The largest absolute Gasteiger partial charge is 0.303 e. The Kier molecular flexibility index (Phi) is 7.14. The Balaban J connectivity index is 2.43. The third-order valence-electron chi connectivity index (χ3n) is 3.81. The maximum atomic E-state index is 11.6. The molecule has 0 bridgehead atoms. The zero-order chi connectivity index (χ0) is 14.5. The third-order valence-corrected chi connectivity index (χ3v) is 6.21. The smallest absolute Gasteiger partial charge is 0.211 e. The van der Waals surface area contributed by atoms with E-state index < -0.39 is 10.0 Å². The molecule has 2 unspecified atom stereocenters. The van der Waals surface area contributed by atoms with Crippen LogP contribution in [0.2, 0.25) is 0 Å². The van der Waals surface area contributed by atoms with Gasteiger partial charge in [-0.05, 0) is 38.5 Å². The quantitative estimate of drug-likeness (QED) is 0.718. The van der Waals surface area contributed by atoms with Crippen LogP contribution in [0, 0.1) is 5.92 Å². The molecule has 0 radical (unpaired) electrons. The Labute approximate surface area is 123 Å². The van der Waals surface area contributed by atoms with Crippen LogP contribution in [0.25, 0.3) is 0 Å². The number of thioether (sulfide) groups is 1. The summed E-state index contributed by atoms with van der Waals surface area (Å²) in [4.78, 5) is 2.37. The van der Waals surface area contributed by atoms with Gasteiger partial charge in [-0.1, -0.05) is 6.92 Å². The van der Waals surface area contributed by atoms with Crippen LogP contribution in [-0.4, -0.2) is 68.1 Å². The predicted octanol–water partition coefficient (Wildman–Crippen LogP) is 1.73. The average molecular weight is 309 g/mol. The second kappa shape index (κ2) is 7.86. The molecule has 0 aromatic heterocycles. The fourth-order valence-electron chi connectivity index (χ4n) is 2.48. The SMILES string of the molecule is CCSCC(C)N(C)CC1CCCN(S(C)(=O)=O)C1. The van der Waals surface area contributed by atoms with Crippen LogP contribution in [0.3, 0.4) is 0 Å². The zero-order valence-corrected chi connectivity index (χ0v) is 14.3. The molecule has 6 heteroatoms. The highest BCUT2D eigenvalue weighted by Gasteiger charge is 2.27. The molecule has 114 valence electrons. The average Bonchev–Trinajstić information content (AvgIpc) is 2.35. The highest BCUT2D eigenvalue weighted by atomic mass is 32.2. The molecular formula is C13H28N2O2S2. The fourth-order valence-corrected chi connectivity index (χ4v) is 4.25. The Morgan fingerprint density at radius 3 is 2.74 bits per heavy atom. The number of rotatable bonds is 7. The maximum absolute atomic E-state index is 11.6. The molecule has 1 saturated heterocycles.